The van der Waals surface area contributed by atoms with Gasteiger partial charge in [0, 0.05) is 31.4 Å². The van der Waals surface area contributed by atoms with Crippen LogP contribution in [-0.4, -0.2) is 37.9 Å². The van der Waals surface area contributed by atoms with E-state index in [2.05, 4.69) is 10.5 Å². The molecule has 2 aromatic carbocycles. The number of aryl methyl sites for hydroxylation is 2. The van der Waals surface area contributed by atoms with Gasteiger partial charge >= 0.3 is 0 Å². The zero-order valence-corrected chi connectivity index (χ0v) is 16.9. The van der Waals surface area contributed by atoms with E-state index in [1.165, 1.54) is 20.2 Å². The maximum absolute atomic E-state index is 12.5. The number of aromatic nitrogens is 1. The van der Waals surface area contributed by atoms with Crippen LogP contribution >= 0.6 is 0 Å². The van der Waals surface area contributed by atoms with E-state index in [1.54, 1.807) is 25.1 Å². The molecule has 8 heteroatoms. The van der Waals surface area contributed by atoms with E-state index in [1.807, 2.05) is 31.2 Å². The minimum atomic E-state index is -3.62. The molecule has 7 nitrogen and oxygen atoms in total. The summed E-state index contributed by atoms with van der Waals surface area (Å²) in [5, 5.41) is 6.48. The Morgan fingerprint density at radius 3 is 2.36 bits per heavy atom. The summed E-state index contributed by atoms with van der Waals surface area (Å²) < 4.78 is 31.3. The average molecular weight is 399 g/mol. The first-order chi connectivity index (χ1) is 13.2. The van der Waals surface area contributed by atoms with Crippen LogP contribution < -0.4 is 5.32 Å². The van der Waals surface area contributed by atoms with Gasteiger partial charge < -0.3 is 9.84 Å². The predicted octanol–water partition coefficient (Wildman–Crippen LogP) is 3.46. The second kappa shape index (κ2) is 7.57. The predicted molar refractivity (Wildman–Crippen MR) is 107 cm³/mol. The van der Waals surface area contributed by atoms with E-state index < -0.39 is 15.9 Å². The molecule has 0 spiro atoms. The lowest BCUT2D eigenvalue weighted by Gasteiger charge is -2.14. The van der Waals surface area contributed by atoms with Crippen LogP contribution in [0, 0.1) is 13.8 Å². The van der Waals surface area contributed by atoms with Gasteiger partial charge in [0.05, 0.1) is 4.90 Å². The van der Waals surface area contributed by atoms with Crippen molar-refractivity contribution in [2.75, 3.05) is 19.4 Å². The standard InChI is InChI=1S/C20H21N3O4S/c1-13-5-8-15(9-6-13)18-12-17(22-27-18)20(24)21-16-10-7-14(2)19(11-16)28(25,26)23(3)4/h5-12H,1-4H3,(H,21,24). The third-order valence-corrected chi connectivity index (χ3v) is 6.24. The van der Waals surface area contributed by atoms with Crippen molar-refractivity contribution in [2.24, 2.45) is 0 Å². The van der Waals surface area contributed by atoms with Gasteiger partial charge in [-0.1, -0.05) is 41.1 Å². The number of anilines is 1. The average Bonchev–Trinajstić information content (AvgIpc) is 3.14. The van der Waals surface area contributed by atoms with Crippen LogP contribution in [0.4, 0.5) is 5.69 Å². The molecule has 0 fully saturated rings. The number of hydrogen-bond acceptors (Lipinski definition) is 5. The Morgan fingerprint density at radius 1 is 1.04 bits per heavy atom. The Balaban J connectivity index is 1.83. The highest BCUT2D eigenvalue weighted by atomic mass is 32.2. The zero-order chi connectivity index (χ0) is 20.5. The third-order valence-electron chi connectivity index (χ3n) is 4.28. The molecule has 146 valence electrons. The molecule has 0 radical (unpaired) electrons. The highest BCUT2D eigenvalue weighted by Crippen LogP contribution is 2.24. The summed E-state index contributed by atoms with van der Waals surface area (Å²) in [6.45, 7) is 3.68. The first-order valence-electron chi connectivity index (χ1n) is 8.57. The number of nitrogens with zero attached hydrogens (tertiary/aromatic N) is 2. The summed E-state index contributed by atoms with van der Waals surface area (Å²) in [5.41, 5.74) is 2.98. The van der Waals surface area contributed by atoms with Crippen molar-refractivity contribution in [1.29, 1.82) is 0 Å². The number of sulfonamides is 1. The molecule has 1 heterocycles. The number of nitrogens with one attached hydrogen (secondary N) is 1. The Hall–Kier alpha value is -2.97. The van der Waals surface area contributed by atoms with Crippen molar-refractivity contribution in [3.05, 3.63) is 65.4 Å². The van der Waals surface area contributed by atoms with Crippen molar-refractivity contribution >= 4 is 21.6 Å². The van der Waals surface area contributed by atoms with Crippen LogP contribution in [0.25, 0.3) is 11.3 Å². The number of rotatable bonds is 5. The maximum atomic E-state index is 12.5. The van der Waals surface area contributed by atoms with E-state index in [9.17, 15) is 13.2 Å². The second-order valence-electron chi connectivity index (χ2n) is 6.66. The molecular weight excluding hydrogens is 378 g/mol. The quantitative estimate of drug-likeness (QED) is 0.709. The highest BCUT2D eigenvalue weighted by molar-refractivity contribution is 7.89. The lowest BCUT2D eigenvalue weighted by atomic mass is 10.1. The molecule has 0 atom stereocenters. The molecule has 0 aliphatic rings. The molecule has 0 unspecified atom stereocenters. The van der Waals surface area contributed by atoms with Gasteiger partial charge in [0.25, 0.3) is 5.91 Å². The fourth-order valence-electron chi connectivity index (χ4n) is 2.58. The smallest absolute Gasteiger partial charge is 0.277 e. The van der Waals surface area contributed by atoms with Gasteiger partial charge in [0.2, 0.25) is 10.0 Å². The van der Waals surface area contributed by atoms with Crippen molar-refractivity contribution in [2.45, 2.75) is 18.7 Å². The molecule has 0 saturated carbocycles. The monoisotopic (exact) mass is 399 g/mol. The maximum Gasteiger partial charge on any atom is 0.277 e. The minimum Gasteiger partial charge on any atom is -0.355 e. The molecule has 1 N–H and O–H groups in total. The van der Waals surface area contributed by atoms with Gasteiger partial charge in [-0.15, -0.1) is 0 Å². The van der Waals surface area contributed by atoms with E-state index in [-0.39, 0.29) is 10.6 Å². The van der Waals surface area contributed by atoms with Crippen molar-refractivity contribution in [1.82, 2.24) is 9.46 Å². The molecule has 0 saturated heterocycles. The van der Waals surface area contributed by atoms with Crippen LogP contribution in [0.2, 0.25) is 0 Å². The molecule has 0 bridgehead atoms. The van der Waals surface area contributed by atoms with Crippen molar-refractivity contribution in [3.63, 3.8) is 0 Å². The number of hydrogen-bond donors (Lipinski definition) is 1. The number of benzene rings is 2. The summed E-state index contributed by atoms with van der Waals surface area (Å²) in [7, 11) is -0.697. The highest BCUT2D eigenvalue weighted by Gasteiger charge is 2.21. The Morgan fingerprint density at radius 2 is 1.71 bits per heavy atom. The van der Waals surface area contributed by atoms with E-state index in [4.69, 9.17) is 4.52 Å². The number of amides is 1. The van der Waals surface area contributed by atoms with Gasteiger partial charge in [0.15, 0.2) is 11.5 Å². The van der Waals surface area contributed by atoms with Gasteiger partial charge in [-0.25, -0.2) is 12.7 Å². The molecular formula is C20H21N3O4S. The lowest BCUT2D eigenvalue weighted by Crippen LogP contribution is -2.23. The van der Waals surface area contributed by atoms with Crippen LogP contribution in [0.5, 0.6) is 0 Å². The fourth-order valence-corrected chi connectivity index (χ4v) is 3.73. The fraction of sp³-hybridized carbons (Fsp3) is 0.200. The van der Waals surface area contributed by atoms with Gasteiger partial charge in [-0.2, -0.15) is 0 Å². The molecule has 1 aromatic heterocycles. The summed E-state index contributed by atoms with van der Waals surface area (Å²) in [4.78, 5) is 12.6. The summed E-state index contributed by atoms with van der Waals surface area (Å²) in [6, 6.07) is 13.9. The Bertz CT molecular complexity index is 1120. The Kier molecular flexibility index (Phi) is 5.35. The first kappa shape index (κ1) is 19.8. The van der Waals surface area contributed by atoms with Crippen molar-refractivity contribution in [3.8, 4) is 11.3 Å². The van der Waals surface area contributed by atoms with E-state index in [0.29, 0.717) is 17.0 Å². The van der Waals surface area contributed by atoms with Crippen LogP contribution in [0.3, 0.4) is 0 Å². The Labute approximate surface area is 164 Å². The molecule has 28 heavy (non-hydrogen) atoms. The second-order valence-corrected chi connectivity index (χ2v) is 8.78. The molecule has 1 amide bonds. The minimum absolute atomic E-state index is 0.105. The van der Waals surface area contributed by atoms with Crippen molar-refractivity contribution < 1.29 is 17.7 Å². The topological polar surface area (TPSA) is 92.5 Å². The number of carbonyl (C=O) groups excluding carboxylic acids is 1. The summed E-state index contributed by atoms with van der Waals surface area (Å²) in [6.07, 6.45) is 0. The third kappa shape index (κ3) is 3.97. The normalized spacial score (nSPS) is 11.6. The zero-order valence-electron chi connectivity index (χ0n) is 16.1. The molecule has 3 aromatic rings. The van der Waals surface area contributed by atoms with Gasteiger partial charge in [-0.05, 0) is 31.5 Å². The van der Waals surface area contributed by atoms with E-state index in [0.717, 1.165) is 15.4 Å². The van der Waals surface area contributed by atoms with Crippen LogP contribution in [-0.2, 0) is 10.0 Å². The first-order valence-corrected chi connectivity index (χ1v) is 10.0. The van der Waals surface area contributed by atoms with Gasteiger partial charge in [-0.3, -0.25) is 4.79 Å². The van der Waals surface area contributed by atoms with Crippen LogP contribution in [0.1, 0.15) is 21.6 Å². The largest absolute Gasteiger partial charge is 0.355 e. The SMILES string of the molecule is Cc1ccc(-c2cc(C(=O)Nc3ccc(C)c(S(=O)(=O)N(C)C)c3)no2)cc1. The summed E-state index contributed by atoms with van der Waals surface area (Å²) in [5.74, 6) is -0.0101. The molecule has 3 rings (SSSR count). The summed E-state index contributed by atoms with van der Waals surface area (Å²) >= 11 is 0. The lowest BCUT2D eigenvalue weighted by molar-refractivity contribution is 0.101. The molecule has 0 aliphatic carbocycles. The molecule has 0 aliphatic heterocycles. The van der Waals surface area contributed by atoms with Crippen LogP contribution in [0.15, 0.2) is 57.9 Å². The van der Waals surface area contributed by atoms with Gasteiger partial charge in [0.1, 0.15) is 0 Å². The van der Waals surface area contributed by atoms with E-state index >= 15 is 0 Å². The number of carbonyl (C=O) groups is 1.